The van der Waals surface area contributed by atoms with Gasteiger partial charge in [0.2, 0.25) is 5.91 Å². The molecular weight excluding hydrogens is 409 g/mol. The summed E-state index contributed by atoms with van der Waals surface area (Å²) in [4.78, 5) is 15.1. The van der Waals surface area contributed by atoms with Gasteiger partial charge in [-0.25, -0.2) is 4.39 Å². The van der Waals surface area contributed by atoms with Crippen LogP contribution in [-0.2, 0) is 11.2 Å². The second-order valence-electron chi connectivity index (χ2n) is 7.46. The molecule has 5 nitrogen and oxygen atoms in total. The summed E-state index contributed by atoms with van der Waals surface area (Å²) in [5.74, 6) is 1.58. The smallest absolute Gasteiger partial charge is 0.232 e. The number of benzene rings is 3. The summed E-state index contributed by atoms with van der Waals surface area (Å²) in [5.41, 5.74) is 3.39. The maximum Gasteiger partial charge on any atom is 0.232 e. The molecule has 3 aromatic rings. The lowest BCUT2D eigenvalue weighted by atomic mass is 9.86. The van der Waals surface area contributed by atoms with E-state index >= 15 is 0 Å². The van der Waals surface area contributed by atoms with Gasteiger partial charge in [-0.2, -0.15) is 0 Å². The van der Waals surface area contributed by atoms with Crippen LogP contribution in [0.2, 0.25) is 0 Å². The normalized spacial score (nSPS) is 15.3. The number of amides is 1. The van der Waals surface area contributed by atoms with Crippen molar-refractivity contribution in [3.63, 3.8) is 0 Å². The molecule has 1 atom stereocenters. The Morgan fingerprint density at radius 2 is 1.56 bits per heavy atom. The molecule has 3 aromatic carbocycles. The number of hydrogen-bond donors (Lipinski definition) is 0. The Balaban J connectivity index is 1.90. The van der Waals surface area contributed by atoms with Gasteiger partial charge in [0.15, 0.2) is 11.5 Å². The molecule has 0 saturated carbocycles. The number of methoxy groups -OCH3 is 1. The van der Waals surface area contributed by atoms with E-state index in [1.54, 1.807) is 24.1 Å². The van der Waals surface area contributed by atoms with Crippen LogP contribution in [-0.4, -0.2) is 26.2 Å². The summed E-state index contributed by atoms with van der Waals surface area (Å²) < 4.78 is 30.5. The van der Waals surface area contributed by atoms with Crippen LogP contribution < -0.4 is 19.1 Å². The standard InChI is InChI=1S/C26H26FNO4/c1-4-31-23-14-18-15-25(29)28(20-10-8-19(27)9-11-20)26(22(18)16-24(23)32-5-2)17-6-12-21(30-3)13-7-17/h6-14,16,26H,4-5,15H2,1-3H3. The van der Waals surface area contributed by atoms with E-state index in [0.29, 0.717) is 30.4 Å². The van der Waals surface area contributed by atoms with Crippen LogP contribution in [0.5, 0.6) is 17.2 Å². The van der Waals surface area contributed by atoms with Crippen LogP contribution in [0.15, 0.2) is 60.7 Å². The molecule has 1 unspecified atom stereocenters. The van der Waals surface area contributed by atoms with Gasteiger partial charge in [-0.15, -0.1) is 0 Å². The number of fused-ring (bicyclic) bond motifs is 1. The van der Waals surface area contributed by atoms with Gasteiger partial charge in [-0.05, 0) is 79.1 Å². The Hall–Kier alpha value is -3.54. The lowest BCUT2D eigenvalue weighted by Gasteiger charge is -2.38. The largest absolute Gasteiger partial charge is 0.497 e. The van der Waals surface area contributed by atoms with Gasteiger partial charge in [-0.3, -0.25) is 4.79 Å². The minimum atomic E-state index is -0.405. The fourth-order valence-electron chi connectivity index (χ4n) is 4.10. The van der Waals surface area contributed by atoms with Crippen LogP contribution in [0.25, 0.3) is 0 Å². The summed E-state index contributed by atoms with van der Waals surface area (Å²) in [6.07, 6.45) is 0.214. The average Bonchev–Trinajstić information content (AvgIpc) is 2.80. The Labute approximate surface area is 187 Å². The predicted molar refractivity (Wildman–Crippen MR) is 121 cm³/mol. The second kappa shape index (κ2) is 9.30. The monoisotopic (exact) mass is 435 g/mol. The first-order chi connectivity index (χ1) is 15.5. The number of hydrogen-bond acceptors (Lipinski definition) is 4. The van der Waals surface area contributed by atoms with Gasteiger partial charge in [0, 0.05) is 5.69 Å². The second-order valence-corrected chi connectivity index (χ2v) is 7.46. The highest BCUT2D eigenvalue weighted by Gasteiger charge is 2.36. The molecule has 1 amide bonds. The molecule has 0 radical (unpaired) electrons. The highest BCUT2D eigenvalue weighted by Crippen LogP contribution is 2.43. The van der Waals surface area contributed by atoms with Gasteiger partial charge in [0.1, 0.15) is 11.6 Å². The molecule has 6 heteroatoms. The maximum atomic E-state index is 13.6. The summed E-state index contributed by atoms with van der Waals surface area (Å²) in [6, 6.07) is 17.1. The molecule has 32 heavy (non-hydrogen) atoms. The third kappa shape index (κ3) is 4.13. The zero-order valence-corrected chi connectivity index (χ0v) is 18.4. The van der Waals surface area contributed by atoms with E-state index in [0.717, 1.165) is 22.4 Å². The molecule has 0 N–H and O–H groups in total. The van der Waals surface area contributed by atoms with E-state index in [4.69, 9.17) is 14.2 Å². The third-order valence-corrected chi connectivity index (χ3v) is 5.50. The Bertz CT molecular complexity index is 1100. The SMILES string of the molecule is CCOc1cc2c(cc1OCC)C(c1ccc(OC)cc1)N(c1ccc(F)cc1)C(=O)C2. The van der Waals surface area contributed by atoms with E-state index in [1.807, 2.05) is 50.2 Å². The first-order valence-corrected chi connectivity index (χ1v) is 10.7. The molecule has 0 aliphatic carbocycles. The van der Waals surface area contributed by atoms with E-state index in [1.165, 1.54) is 12.1 Å². The number of carbonyl (C=O) groups is 1. The molecule has 0 saturated heterocycles. The van der Waals surface area contributed by atoms with Crippen molar-refractivity contribution < 1.29 is 23.4 Å². The Kier molecular flexibility index (Phi) is 6.30. The zero-order valence-electron chi connectivity index (χ0n) is 18.4. The molecule has 0 fully saturated rings. The zero-order chi connectivity index (χ0) is 22.7. The number of rotatable bonds is 7. The van der Waals surface area contributed by atoms with E-state index < -0.39 is 6.04 Å². The van der Waals surface area contributed by atoms with Crippen molar-refractivity contribution in [1.82, 2.24) is 0 Å². The van der Waals surface area contributed by atoms with Crippen LogP contribution in [0.1, 0.15) is 36.6 Å². The third-order valence-electron chi connectivity index (χ3n) is 5.50. The lowest BCUT2D eigenvalue weighted by molar-refractivity contribution is -0.118. The number of anilines is 1. The minimum Gasteiger partial charge on any atom is -0.497 e. The number of ether oxygens (including phenoxy) is 3. The van der Waals surface area contributed by atoms with Crippen molar-refractivity contribution >= 4 is 11.6 Å². The average molecular weight is 435 g/mol. The van der Waals surface area contributed by atoms with Crippen LogP contribution >= 0.6 is 0 Å². The first kappa shape index (κ1) is 21.7. The van der Waals surface area contributed by atoms with Gasteiger partial charge in [0.05, 0.1) is 32.8 Å². The maximum absolute atomic E-state index is 13.6. The van der Waals surface area contributed by atoms with E-state index in [2.05, 4.69) is 0 Å². The van der Waals surface area contributed by atoms with Crippen molar-refractivity contribution in [3.05, 3.63) is 83.2 Å². The van der Waals surface area contributed by atoms with Gasteiger partial charge < -0.3 is 19.1 Å². The minimum absolute atomic E-state index is 0.0727. The molecule has 0 aromatic heterocycles. The lowest BCUT2D eigenvalue weighted by Crippen LogP contribution is -2.41. The Morgan fingerprint density at radius 3 is 2.16 bits per heavy atom. The quantitative estimate of drug-likeness (QED) is 0.505. The van der Waals surface area contributed by atoms with Crippen molar-refractivity contribution in [2.45, 2.75) is 26.3 Å². The van der Waals surface area contributed by atoms with Crippen molar-refractivity contribution in [2.75, 3.05) is 25.2 Å². The number of carbonyl (C=O) groups excluding carboxylic acids is 1. The molecule has 4 rings (SSSR count). The highest BCUT2D eigenvalue weighted by molar-refractivity contribution is 5.98. The summed E-state index contributed by atoms with van der Waals surface area (Å²) >= 11 is 0. The fourth-order valence-corrected chi connectivity index (χ4v) is 4.10. The fraction of sp³-hybridized carbons (Fsp3) is 0.269. The van der Waals surface area contributed by atoms with Crippen molar-refractivity contribution in [3.8, 4) is 17.2 Å². The van der Waals surface area contributed by atoms with Gasteiger partial charge in [-0.1, -0.05) is 12.1 Å². The molecule has 0 spiro atoms. The summed E-state index contributed by atoms with van der Waals surface area (Å²) in [7, 11) is 1.61. The van der Waals surface area contributed by atoms with E-state index in [-0.39, 0.29) is 18.1 Å². The molecule has 1 aliphatic rings. The van der Waals surface area contributed by atoms with Crippen LogP contribution in [0, 0.1) is 5.82 Å². The summed E-state index contributed by atoms with van der Waals surface area (Å²) in [5, 5.41) is 0. The number of nitrogens with zero attached hydrogens (tertiary/aromatic N) is 1. The predicted octanol–water partition coefficient (Wildman–Crippen LogP) is 5.31. The van der Waals surface area contributed by atoms with Gasteiger partial charge >= 0.3 is 0 Å². The molecule has 1 heterocycles. The molecule has 0 bridgehead atoms. The van der Waals surface area contributed by atoms with Crippen LogP contribution in [0.3, 0.4) is 0 Å². The van der Waals surface area contributed by atoms with Crippen molar-refractivity contribution in [1.29, 1.82) is 0 Å². The molecular formula is C26H26FNO4. The van der Waals surface area contributed by atoms with Crippen molar-refractivity contribution in [2.24, 2.45) is 0 Å². The topological polar surface area (TPSA) is 48.0 Å². The Morgan fingerprint density at radius 1 is 0.938 bits per heavy atom. The number of halogens is 1. The van der Waals surface area contributed by atoms with Gasteiger partial charge in [0.25, 0.3) is 0 Å². The molecule has 1 aliphatic heterocycles. The van der Waals surface area contributed by atoms with E-state index in [9.17, 15) is 9.18 Å². The summed E-state index contributed by atoms with van der Waals surface area (Å²) in [6.45, 7) is 4.82. The molecule has 166 valence electrons. The highest BCUT2D eigenvalue weighted by atomic mass is 19.1. The van der Waals surface area contributed by atoms with Crippen LogP contribution in [0.4, 0.5) is 10.1 Å². The first-order valence-electron chi connectivity index (χ1n) is 10.7.